The summed E-state index contributed by atoms with van der Waals surface area (Å²) in [6.07, 6.45) is 0. The highest BCUT2D eigenvalue weighted by molar-refractivity contribution is 6.11. The van der Waals surface area contributed by atoms with Gasteiger partial charge in [-0.15, -0.1) is 0 Å². The Balaban J connectivity index is 1.24. The Hall–Kier alpha value is -6.88. The molecule has 48 heavy (non-hydrogen) atoms. The standard InChI is InChI=1S/C44H26N4/c45-27-29-21-23-44-38(25-29)37-16-6-10-20-43(37)48(44)40-17-7-3-13-34(40)33-12-2-1-11-32(33)30-22-24-39(31(26-30)28-46)47-41-18-8-4-14-35(41)36-15-5-9-19-42(36)47/h1-26H. The van der Waals surface area contributed by atoms with E-state index in [1.807, 2.05) is 42.5 Å². The molecule has 9 rings (SSSR count). The van der Waals surface area contributed by atoms with Crippen molar-refractivity contribution >= 4 is 43.6 Å². The van der Waals surface area contributed by atoms with Crippen LogP contribution in [0.15, 0.2) is 158 Å². The summed E-state index contributed by atoms with van der Waals surface area (Å²) in [4.78, 5) is 0. The first-order valence-corrected chi connectivity index (χ1v) is 15.9. The smallest absolute Gasteiger partial charge is 0.101 e. The number of aromatic nitrogens is 2. The van der Waals surface area contributed by atoms with Gasteiger partial charge in [0.1, 0.15) is 6.07 Å². The van der Waals surface area contributed by atoms with Crippen LogP contribution < -0.4 is 0 Å². The number of hydrogen-bond acceptors (Lipinski definition) is 2. The van der Waals surface area contributed by atoms with Gasteiger partial charge in [-0.1, -0.05) is 103 Å². The van der Waals surface area contributed by atoms with Gasteiger partial charge in [0.05, 0.1) is 50.6 Å². The van der Waals surface area contributed by atoms with Crippen molar-refractivity contribution in [1.29, 1.82) is 10.5 Å². The van der Waals surface area contributed by atoms with Crippen LogP contribution in [0.25, 0.3) is 77.2 Å². The number of fused-ring (bicyclic) bond motifs is 6. The summed E-state index contributed by atoms with van der Waals surface area (Å²) in [5, 5.41) is 24.7. The van der Waals surface area contributed by atoms with E-state index in [4.69, 9.17) is 0 Å². The van der Waals surface area contributed by atoms with E-state index in [0.717, 1.165) is 77.2 Å². The van der Waals surface area contributed by atoms with Crippen molar-refractivity contribution in [2.75, 3.05) is 0 Å². The fraction of sp³-hybridized carbons (Fsp3) is 0. The SMILES string of the molecule is N#Cc1ccc2c(c1)c1ccccc1n2-c1ccccc1-c1ccccc1-c1ccc(-n2c3ccccc3c3ccccc32)c(C#N)c1. The van der Waals surface area contributed by atoms with Crippen molar-refractivity contribution in [3.8, 4) is 45.8 Å². The quantitative estimate of drug-likeness (QED) is 0.199. The number of hydrogen-bond donors (Lipinski definition) is 0. The zero-order valence-electron chi connectivity index (χ0n) is 25.8. The van der Waals surface area contributed by atoms with Gasteiger partial charge < -0.3 is 9.13 Å². The van der Waals surface area contributed by atoms with Gasteiger partial charge >= 0.3 is 0 Å². The van der Waals surface area contributed by atoms with E-state index in [1.54, 1.807) is 0 Å². The number of para-hydroxylation sites is 4. The Morgan fingerprint density at radius 1 is 0.375 bits per heavy atom. The molecule has 2 heterocycles. The molecule has 0 bridgehead atoms. The minimum Gasteiger partial charge on any atom is -0.309 e. The molecule has 0 saturated carbocycles. The van der Waals surface area contributed by atoms with Crippen LogP contribution in [0.2, 0.25) is 0 Å². The van der Waals surface area contributed by atoms with Crippen LogP contribution in [0.5, 0.6) is 0 Å². The van der Waals surface area contributed by atoms with Crippen LogP contribution in [0.4, 0.5) is 0 Å². The molecule has 0 aliphatic carbocycles. The lowest BCUT2D eigenvalue weighted by molar-refractivity contribution is 1.17. The summed E-state index contributed by atoms with van der Waals surface area (Å²) in [6, 6.07) is 58.9. The topological polar surface area (TPSA) is 57.4 Å². The van der Waals surface area contributed by atoms with E-state index in [-0.39, 0.29) is 0 Å². The van der Waals surface area contributed by atoms with Crippen molar-refractivity contribution in [3.63, 3.8) is 0 Å². The summed E-state index contributed by atoms with van der Waals surface area (Å²) in [6.45, 7) is 0. The minimum atomic E-state index is 0.609. The molecular weight excluding hydrogens is 585 g/mol. The molecule has 0 aliphatic heterocycles. The van der Waals surface area contributed by atoms with Crippen molar-refractivity contribution in [2.45, 2.75) is 0 Å². The second-order valence-electron chi connectivity index (χ2n) is 12.0. The number of nitriles is 2. The van der Waals surface area contributed by atoms with Crippen molar-refractivity contribution in [1.82, 2.24) is 9.13 Å². The van der Waals surface area contributed by atoms with E-state index in [0.29, 0.717) is 11.1 Å². The van der Waals surface area contributed by atoms with Crippen molar-refractivity contribution < 1.29 is 0 Å². The van der Waals surface area contributed by atoms with Crippen molar-refractivity contribution in [3.05, 3.63) is 169 Å². The minimum absolute atomic E-state index is 0.609. The highest BCUT2D eigenvalue weighted by atomic mass is 15.0. The Labute approximate surface area is 277 Å². The van der Waals surface area contributed by atoms with Gasteiger partial charge in [-0.3, -0.25) is 0 Å². The molecule has 2 aromatic heterocycles. The molecule has 0 aliphatic rings. The Bertz CT molecular complexity index is 2760. The largest absolute Gasteiger partial charge is 0.309 e. The second-order valence-corrected chi connectivity index (χ2v) is 12.0. The maximum absolute atomic E-state index is 10.5. The van der Waals surface area contributed by atoms with E-state index in [9.17, 15) is 10.5 Å². The van der Waals surface area contributed by atoms with Crippen LogP contribution >= 0.6 is 0 Å². The molecule has 0 unspecified atom stereocenters. The third kappa shape index (κ3) is 4.07. The Kier molecular flexibility index (Phi) is 6.22. The maximum atomic E-state index is 10.5. The predicted octanol–water partition coefficient (Wildman–Crippen LogP) is 11.0. The van der Waals surface area contributed by atoms with Gasteiger partial charge in [0.25, 0.3) is 0 Å². The van der Waals surface area contributed by atoms with Crippen LogP contribution in [-0.4, -0.2) is 9.13 Å². The zero-order valence-corrected chi connectivity index (χ0v) is 25.8. The van der Waals surface area contributed by atoms with Crippen molar-refractivity contribution in [2.24, 2.45) is 0 Å². The Morgan fingerprint density at radius 3 is 1.54 bits per heavy atom. The normalized spacial score (nSPS) is 11.3. The first-order valence-electron chi connectivity index (χ1n) is 15.9. The first-order chi connectivity index (χ1) is 23.7. The van der Waals surface area contributed by atoms with E-state index >= 15 is 0 Å². The molecule has 0 saturated heterocycles. The molecule has 0 fully saturated rings. The highest BCUT2D eigenvalue weighted by Gasteiger charge is 2.19. The fourth-order valence-electron chi connectivity index (χ4n) is 7.34. The molecule has 222 valence electrons. The van der Waals surface area contributed by atoms with Crippen LogP contribution in [-0.2, 0) is 0 Å². The monoisotopic (exact) mass is 610 g/mol. The molecule has 0 N–H and O–H groups in total. The molecule has 0 atom stereocenters. The fourth-order valence-corrected chi connectivity index (χ4v) is 7.34. The second kappa shape index (κ2) is 10.9. The van der Waals surface area contributed by atoms with Crippen LogP contribution in [0.1, 0.15) is 11.1 Å². The Morgan fingerprint density at radius 2 is 0.896 bits per heavy atom. The van der Waals surface area contributed by atoms with Gasteiger partial charge in [-0.25, -0.2) is 0 Å². The van der Waals surface area contributed by atoms with Gasteiger partial charge in [-0.05, 0) is 71.3 Å². The molecule has 7 aromatic carbocycles. The molecule has 4 nitrogen and oxygen atoms in total. The average molecular weight is 611 g/mol. The maximum Gasteiger partial charge on any atom is 0.101 e. The zero-order chi connectivity index (χ0) is 32.2. The van der Waals surface area contributed by atoms with Crippen LogP contribution in [0.3, 0.4) is 0 Å². The van der Waals surface area contributed by atoms with Gasteiger partial charge in [0.2, 0.25) is 0 Å². The molecular formula is C44H26N4. The number of benzene rings is 7. The molecule has 0 amide bonds. The van der Waals surface area contributed by atoms with E-state index in [1.165, 1.54) is 0 Å². The first kappa shape index (κ1) is 27.4. The molecule has 4 heteroatoms. The summed E-state index contributed by atoms with van der Waals surface area (Å²) < 4.78 is 4.50. The molecule has 9 aromatic rings. The third-order valence-electron chi connectivity index (χ3n) is 9.41. The lowest BCUT2D eigenvalue weighted by Gasteiger charge is -2.18. The highest BCUT2D eigenvalue weighted by Crippen LogP contribution is 2.41. The summed E-state index contributed by atoms with van der Waals surface area (Å²) >= 11 is 0. The summed E-state index contributed by atoms with van der Waals surface area (Å²) in [5.74, 6) is 0. The van der Waals surface area contributed by atoms with Crippen LogP contribution in [0, 0.1) is 22.7 Å². The summed E-state index contributed by atoms with van der Waals surface area (Å²) in [5.41, 5.74) is 11.6. The van der Waals surface area contributed by atoms with E-state index < -0.39 is 0 Å². The molecule has 0 radical (unpaired) electrons. The van der Waals surface area contributed by atoms with E-state index in [2.05, 4.69) is 137 Å². The lowest BCUT2D eigenvalue weighted by atomic mass is 9.92. The number of rotatable bonds is 4. The average Bonchev–Trinajstić information content (AvgIpc) is 3.67. The molecule has 0 spiro atoms. The predicted molar refractivity (Wildman–Crippen MR) is 195 cm³/mol. The van der Waals surface area contributed by atoms with Gasteiger partial charge in [0, 0.05) is 27.1 Å². The van der Waals surface area contributed by atoms with Gasteiger partial charge in [-0.2, -0.15) is 10.5 Å². The lowest BCUT2D eigenvalue weighted by Crippen LogP contribution is -1.99. The van der Waals surface area contributed by atoms with Gasteiger partial charge in [0.15, 0.2) is 0 Å². The number of nitrogens with zero attached hydrogens (tertiary/aromatic N) is 4. The third-order valence-corrected chi connectivity index (χ3v) is 9.41. The summed E-state index contributed by atoms with van der Waals surface area (Å²) in [7, 11) is 0.